The molecule has 2 rings (SSSR count). The Hall–Kier alpha value is -1.72. The third-order valence-electron chi connectivity index (χ3n) is 3.55. The van der Waals surface area contributed by atoms with Crippen LogP contribution in [0.2, 0.25) is 0 Å². The number of ether oxygens (including phenoxy) is 1. The number of benzene rings is 1. The van der Waals surface area contributed by atoms with E-state index in [2.05, 4.69) is 0 Å². The van der Waals surface area contributed by atoms with Crippen LogP contribution in [-0.4, -0.2) is 30.7 Å². The van der Waals surface area contributed by atoms with Crippen LogP contribution < -0.4 is 0 Å². The summed E-state index contributed by atoms with van der Waals surface area (Å²) in [4.78, 5) is 13.2. The average Bonchev–Trinajstić information content (AvgIpc) is 2.44. The van der Waals surface area contributed by atoms with Gasteiger partial charge in [0.25, 0.3) is 0 Å². The first kappa shape index (κ1) is 14.7. The lowest BCUT2D eigenvalue weighted by atomic mass is 9.96. The van der Waals surface area contributed by atoms with E-state index >= 15 is 0 Å². The number of hydrogen-bond acceptors (Lipinski definition) is 2. The van der Waals surface area contributed by atoms with Gasteiger partial charge in [0.05, 0.1) is 7.11 Å². The molecule has 1 saturated heterocycles. The molecule has 0 bridgehead atoms. The summed E-state index contributed by atoms with van der Waals surface area (Å²) < 4.78 is 44.0. The van der Waals surface area contributed by atoms with Gasteiger partial charge in [0.15, 0.2) is 17.5 Å². The largest absolute Gasteiger partial charge is 0.453 e. The number of nitrogens with zero attached hydrogens (tertiary/aromatic N) is 1. The molecule has 1 amide bonds. The van der Waals surface area contributed by atoms with E-state index in [9.17, 15) is 18.0 Å². The summed E-state index contributed by atoms with van der Waals surface area (Å²) in [5.41, 5.74) is 0.335. The van der Waals surface area contributed by atoms with Crippen molar-refractivity contribution in [2.45, 2.75) is 31.7 Å². The predicted molar refractivity (Wildman–Crippen MR) is 66.8 cm³/mol. The average molecular weight is 287 g/mol. The Kier molecular flexibility index (Phi) is 4.52. The smallest absolute Gasteiger partial charge is 0.409 e. The highest BCUT2D eigenvalue weighted by Crippen LogP contribution is 2.23. The van der Waals surface area contributed by atoms with Crippen molar-refractivity contribution in [2.75, 3.05) is 13.7 Å². The van der Waals surface area contributed by atoms with E-state index < -0.39 is 23.5 Å². The molecule has 0 aliphatic carbocycles. The van der Waals surface area contributed by atoms with Crippen molar-refractivity contribution in [1.29, 1.82) is 0 Å². The lowest BCUT2D eigenvalue weighted by molar-refractivity contribution is 0.0895. The fourth-order valence-electron chi connectivity index (χ4n) is 2.57. The van der Waals surface area contributed by atoms with Crippen molar-refractivity contribution in [3.63, 3.8) is 0 Å². The highest BCUT2D eigenvalue weighted by molar-refractivity contribution is 5.68. The molecule has 6 heteroatoms. The first-order valence-corrected chi connectivity index (χ1v) is 6.51. The van der Waals surface area contributed by atoms with Crippen molar-refractivity contribution in [3.8, 4) is 0 Å². The van der Waals surface area contributed by atoms with E-state index in [-0.39, 0.29) is 12.5 Å². The maximum atomic E-state index is 13.2. The second-order valence-corrected chi connectivity index (χ2v) is 4.89. The Bertz CT molecular complexity index is 484. The molecule has 1 aliphatic heterocycles. The van der Waals surface area contributed by atoms with Gasteiger partial charge >= 0.3 is 6.09 Å². The second-order valence-electron chi connectivity index (χ2n) is 4.89. The Morgan fingerprint density at radius 1 is 1.30 bits per heavy atom. The van der Waals surface area contributed by atoms with E-state index in [1.807, 2.05) is 0 Å². The molecular weight excluding hydrogens is 271 g/mol. The number of carbonyl (C=O) groups excluding carboxylic acids is 1. The van der Waals surface area contributed by atoms with E-state index in [0.717, 1.165) is 31.4 Å². The van der Waals surface area contributed by atoms with E-state index in [1.54, 1.807) is 4.90 Å². The molecule has 0 radical (unpaired) electrons. The molecule has 1 aromatic carbocycles. The van der Waals surface area contributed by atoms with Crippen molar-refractivity contribution < 1.29 is 22.7 Å². The highest BCUT2D eigenvalue weighted by Gasteiger charge is 2.27. The van der Waals surface area contributed by atoms with Crippen LogP contribution in [0.15, 0.2) is 12.1 Å². The highest BCUT2D eigenvalue weighted by atomic mass is 19.2. The van der Waals surface area contributed by atoms with Gasteiger partial charge in [-0.15, -0.1) is 0 Å². The molecular formula is C14H16F3NO2. The maximum absolute atomic E-state index is 13.2. The SMILES string of the molecule is COC(=O)N1CCCCC1Cc1cc(F)c(F)c(F)c1. The van der Waals surface area contributed by atoms with E-state index in [1.165, 1.54) is 7.11 Å². The first-order valence-electron chi connectivity index (χ1n) is 6.51. The first-order chi connectivity index (χ1) is 9.52. The van der Waals surface area contributed by atoms with Gasteiger partial charge in [-0.05, 0) is 43.4 Å². The molecule has 110 valence electrons. The molecule has 0 N–H and O–H groups in total. The van der Waals surface area contributed by atoms with Gasteiger partial charge < -0.3 is 9.64 Å². The summed E-state index contributed by atoms with van der Waals surface area (Å²) in [7, 11) is 1.30. The van der Waals surface area contributed by atoms with Gasteiger partial charge in [0.2, 0.25) is 0 Å². The van der Waals surface area contributed by atoms with Crippen LogP contribution >= 0.6 is 0 Å². The predicted octanol–water partition coefficient (Wildman–Crippen LogP) is 3.27. The molecule has 1 atom stereocenters. The fourth-order valence-corrected chi connectivity index (χ4v) is 2.57. The zero-order valence-corrected chi connectivity index (χ0v) is 11.2. The molecule has 1 fully saturated rings. The molecule has 1 unspecified atom stereocenters. The van der Waals surface area contributed by atoms with Crippen LogP contribution in [0.25, 0.3) is 0 Å². The minimum atomic E-state index is -1.47. The zero-order valence-electron chi connectivity index (χ0n) is 11.2. The molecule has 0 aromatic heterocycles. The number of piperidine rings is 1. The van der Waals surface area contributed by atoms with Gasteiger partial charge in [-0.25, -0.2) is 18.0 Å². The van der Waals surface area contributed by atoms with Crippen molar-refractivity contribution in [3.05, 3.63) is 35.1 Å². The van der Waals surface area contributed by atoms with Crippen LogP contribution in [-0.2, 0) is 11.2 Å². The Balaban J connectivity index is 2.16. The van der Waals surface area contributed by atoms with E-state index in [0.29, 0.717) is 12.1 Å². The van der Waals surface area contributed by atoms with E-state index in [4.69, 9.17) is 4.74 Å². The third kappa shape index (κ3) is 3.05. The molecule has 3 nitrogen and oxygen atoms in total. The Morgan fingerprint density at radius 3 is 2.55 bits per heavy atom. The standard InChI is InChI=1S/C14H16F3NO2/c1-20-14(19)18-5-3-2-4-10(18)6-9-7-11(15)13(17)12(16)8-9/h7-8,10H,2-6H2,1H3. The second kappa shape index (κ2) is 6.15. The lowest BCUT2D eigenvalue weighted by Crippen LogP contribution is -2.44. The number of halogens is 3. The molecule has 0 saturated carbocycles. The number of likely N-dealkylation sites (tertiary alicyclic amines) is 1. The summed E-state index contributed by atoms with van der Waals surface area (Å²) in [6.07, 6.45) is 2.37. The van der Waals surface area contributed by atoms with Gasteiger partial charge in [-0.2, -0.15) is 0 Å². The summed E-state index contributed by atoms with van der Waals surface area (Å²) in [5, 5.41) is 0. The quantitative estimate of drug-likeness (QED) is 0.781. The topological polar surface area (TPSA) is 29.5 Å². The fraction of sp³-hybridized carbons (Fsp3) is 0.500. The van der Waals surface area contributed by atoms with Crippen molar-refractivity contribution >= 4 is 6.09 Å². The number of methoxy groups -OCH3 is 1. The summed E-state index contributed by atoms with van der Waals surface area (Å²) in [6.45, 7) is 0.559. The van der Waals surface area contributed by atoms with Crippen LogP contribution in [0.3, 0.4) is 0 Å². The van der Waals surface area contributed by atoms with Crippen LogP contribution in [0, 0.1) is 17.5 Å². The van der Waals surface area contributed by atoms with Crippen LogP contribution in [0.1, 0.15) is 24.8 Å². The zero-order chi connectivity index (χ0) is 14.7. The third-order valence-corrected chi connectivity index (χ3v) is 3.55. The summed E-state index contributed by atoms with van der Waals surface area (Å²) >= 11 is 0. The molecule has 1 aliphatic rings. The number of rotatable bonds is 2. The molecule has 1 aromatic rings. The maximum Gasteiger partial charge on any atom is 0.409 e. The molecule has 1 heterocycles. The van der Waals surface area contributed by atoms with Gasteiger partial charge in [0.1, 0.15) is 0 Å². The number of amides is 1. The van der Waals surface area contributed by atoms with Crippen LogP contribution in [0.4, 0.5) is 18.0 Å². The minimum absolute atomic E-state index is 0.180. The monoisotopic (exact) mass is 287 g/mol. The van der Waals surface area contributed by atoms with Gasteiger partial charge in [-0.3, -0.25) is 0 Å². The Morgan fingerprint density at radius 2 is 1.95 bits per heavy atom. The van der Waals surface area contributed by atoms with Crippen LogP contribution in [0.5, 0.6) is 0 Å². The van der Waals surface area contributed by atoms with Gasteiger partial charge in [0, 0.05) is 12.6 Å². The summed E-state index contributed by atoms with van der Waals surface area (Å²) in [6, 6.07) is 1.77. The van der Waals surface area contributed by atoms with Crippen molar-refractivity contribution in [2.24, 2.45) is 0 Å². The molecule has 0 spiro atoms. The molecule has 20 heavy (non-hydrogen) atoms. The van der Waals surface area contributed by atoms with Gasteiger partial charge in [-0.1, -0.05) is 0 Å². The summed E-state index contributed by atoms with van der Waals surface area (Å²) in [5.74, 6) is -3.89. The Labute approximate surface area is 115 Å². The van der Waals surface area contributed by atoms with Crippen molar-refractivity contribution in [1.82, 2.24) is 4.90 Å². The number of carbonyl (C=O) groups is 1. The number of hydrogen-bond donors (Lipinski definition) is 0. The minimum Gasteiger partial charge on any atom is -0.453 e. The normalized spacial score (nSPS) is 19.0. The lowest BCUT2D eigenvalue weighted by Gasteiger charge is -2.34.